The highest BCUT2D eigenvalue weighted by atomic mass is 19.2. The summed E-state index contributed by atoms with van der Waals surface area (Å²) in [6, 6.07) is 0. The number of rotatable bonds is 9. The lowest BCUT2D eigenvalue weighted by Gasteiger charge is -2.25. The molecule has 1 aromatic rings. The number of hydrogen-bond acceptors (Lipinski definition) is 0. The zero-order valence-corrected chi connectivity index (χ0v) is 16.7. The Bertz CT molecular complexity index is 585. The second-order valence-corrected chi connectivity index (χ2v) is 7.11. The van der Waals surface area contributed by atoms with Gasteiger partial charge in [-0.1, -0.05) is 45.6 Å². The zero-order valence-electron chi connectivity index (χ0n) is 16.7. The summed E-state index contributed by atoms with van der Waals surface area (Å²) in [4.78, 5) is 0. The molecular weight excluding hydrogens is 321 g/mol. The fraction of sp³-hybridized carbons (Fsp3) is 0.636. The van der Waals surface area contributed by atoms with Crippen LogP contribution in [-0.4, -0.2) is 0 Å². The summed E-state index contributed by atoms with van der Waals surface area (Å²) in [5, 5.41) is 0. The van der Waals surface area contributed by atoms with E-state index >= 15 is 0 Å². The van der Waals surface area contributed by atoms with Crippen LogP contribution in [0.5, 0.6) is 0 Å². The molecule has 1 aromatic carbocycles. The van der Waals surface area contributed by atoms with Gasteiger partial charge in [-0.3, -0.25) is 0 Å². The third kappa shape index (κ3) is 4.89. The predicted molar refractivity (Wildman–Crippen MR) is 101 cm³/mol. The number of unbranched alkanes of at least 4 members (excludes halogenated alkanes) is 2. The summed E-state index contributed by atoms with van der Waals surface area (Å²) in [7, 11) is 0. The van der Waals surface area contributed by atoms with E-state index in [9.17, 15) is 13.2 Å². The lowest BCUT2D eigenvalue weighted by atomic mass is 9.80. The van der Waals surface area contributed by atoms with E-state index in [4.69, 9.17) is 0 Å². The Morgan fingerprint density at radius 3 is 1.96 bits per heavy atom. The molecule has 142 valence electrons. The van der Waals surface area contributed by atoms with Gasteiger partial charge in [-0.2, -0.15) is 0 Å². The molecule has 0 radical (unpaired) electrons. The molecule has 0 fully saturated rings. The smallest absolute Gasteiger partial charge is 0.167 e. The van der Waals surface area contributed by atoms with Crippen molar-refractivity contribution in [2.75, 3.05) is 0 Å². The molecule has 0 saturated carbocycles. The lowest BCUT2D eigenvalue weighted by Crippen LogP contribution is -2.12. The third-order valence-corrected chi connectivity index (χ3v) is 5.22. The van der Waals surface area contributed by atoms with E-state index in [1.165, 1.54) is 6.92 Å². The molecule has 0 amide bonds. The summed E-state index contributed by atoms with van der Waals surface area (Å²) in [5.41, 5.74) is 2.06. The zero-order chi connectivity index (χ0) is 19.1. The SMILES string of the molecule is CCCC/C(C)=C(\c1c(C)c(F)c(C)c(F)c1F)C(CC)CCCC. The van der Waals surface area contributed by atoms with E-state index in [0.717, 1.165) is 56.1 Å². The van der Waals surface area contributed by atoms with Gasteiger partial charge in [-0.25, -0.2) is 13.2 Å². The summed E-state index contributed by atoms with van der Waals surface area (Å²) in [5.74, 6) is -2.44. The van der Waals surface area contributed by atoms with Crippen molar-refractivity contribution in [2.24, 2.45) is 5.92 Å². The molecule has 0 nitrogen and oxygen atoms in total. The Balaban J connectivity index is 3.63. The van der Waals surface area contributed by atoms with Crippen LogP contribution >= 0.6 is 0 Å². The van der Waals surface area contributed by atoms with E-state index in [1.807, 2.05) is 6.92 Å². The van der Waals surface area contributed by atoms with Crippen LogP contribution in [0.2, 0.25) is 0 Å². The van der Waals surface area contributed by atoms with Crippen LogP contribution in [0, 0.1) is 37.2 Å². The van der Waals surface area contributed by atoms with E-state index in [2.05, 4.69) is 20.8 Å². The molecule has 0 aliphatic rings. The second kappa shape index (κ2) is 10.0. The van der Waals surface area contributed by atoms with Gasteiger partial charge in [-0.15, -0.1) is 0 Å². The first-order valence-electron chi connectivity index (χ1n) is 9.65. The van der Waals surface area contributed by atoms with Crippen LogP contribution in [0.1, 0.15) is 89.3 Å². The Labute approximate surface area is 151 Å². The summed E-state index contributed by atoms with van der Waals surface area (Å²) < 4.78 is 43.7. The minimum absolute atomic E-state index is 0.131. The highest BCUT2D eigenvalue weighted by molar-refractivity contribution is 5.73. The molecule has 25 heavy (non-hydrogen) atoms. The summed E-state index contributed by atoms with van der Waals surface area (Å²) in [6.45, 7) is 11.2. The minimum Gasteiger partial charge on any atom is -0.206 e. The quantitative estimate of drug-likeness (QED) is 0.395. The van der Waals surface area contributed by atoms with Crippen molar-refractivity contribution in [1.29, 1.82) is 0 Å². The molecule has 0 saturated heterocycles. The van der Waals surface area contributed by atoms with Gasteiger partial charge in [0.05, 0.1) is 0 Å². The van der Waals surface area contributed by atoms with Crippen molar-refractivity contribution in [3.05, 3.63) is 39.7 Å². The van der Waals surface area contributed by atoms with Crippen LogP contribution in [0.3, 0.4) is 0 Å². The van der Waals surface area contributed by atoms with Crippen molar-refractivity contribution in [3.8, 4) is 0 Å². The van der Waals surface area contributed by atoms with Crippen molar-refractivity contribution < 1.29 is 13.2 Å². The molecule has 1 rings (SSSR count). The molecule has 0 aliphatic heterocycles. The van der Waals surface area contributed by atoms with Gasteiger partial charge in [0.25, 0.3) is 0 Å². The highest BCUT2D eigenvalue weighted by Gasteiger charge is 2.27. The number of hydrogen-bond donors (Lipinski definition) is 0. The van der Waals surface area contributed by atoms with Crippen LogP contribution in [0.15, 0.2) is 5.57 Å². The Morgan fingerprint density at radius 1 is 0.840 bits per heavy atom. The van der Waals surface area contributed by atoms with E-state index in [1.54, 1.807) is 6.92 Å². The largest absolute Gasteiger partial charge is 0.206 e. The van der Waals surface area contributed by atoms with Crippen LogP contribution in [0.4, 0.5) is 13.2 Å². The molecule has 0 bridgehead atoms. The van der Waals surface area contributed by atoms with Crippen LogP contribution in [-0.2, 0) is 0 Å². The van der Waals surface area contributed by atoms with Gasteiger partial charge in [0.15, 0.2) is 11.6 Å². The number of halogens is 3. The molecule has 0 aromatic heterocycles. The highest BCUT2D eigenvalue weighted by Crippen LogP contribution is 2.39. The number of allylic oxidation sites excluding steroid dienone is 2. The van der Waals surface area contributed by atoms with Gasteiger partial charge in [0.2, 0.25) is 0 Å². The van der Waals surface area contributed by atoms with Gasteiger partial charge >= 0.3 is 0 Å². The molecule has 0 N–H and O–H groups in total. The lowest BCUT2D eigenvalue weighted by molar-refractivity contribution is 0.475. The summed E-state index contributed by atoms with van der Waals surface area (Å²) >= 11 is 0. The standard InChI is InChI=1S/C22H33F3/c1-7-10-12-14(4)18(17(9-3)13-11-8-2)19-15(5)20(23)16(6)21(24)22(19)25/h17H,7-13H2,1-6H3/b18-14-. The van der Waals surface area contributed by atoms with Gasteiger partial charge in [0.1, 0.15) is 5.82 Å². The Kier molecular flexibility index (Phi) is 8.75. The van der Waals surface area contributed by atoms with E-state index < -0.39 is 17.5 Å². The van der Waals surface area contributed by atoms with Gasteiger partial charge in [-0.05, 0) is 63.5 Å². The van der Waals surface area contributed by atoms with Crippen molar-refractivity contribution in [1.82, 2.24) is 0 Å². The maximum absolute atomic E-state index is 14.9. The van der Waals surface area contributed by atoms with E-state index in [0.29, 0.717) is 0 Å². The molecule has 1 unspecified atom stereocenters. The topological polar surface area (TPSA) is 0 Å². The first-order chi connectivity index (χ1) is 11.8. The monoisotopic (exact) mass is 354 g/mol. The average molecular weight is 355 g/mol. The Morgan fingerprint density at radius 2 is 1.44 bits per heavy atom. The molecular formula is C22H33F3. The normalized spacial score (nSPS) is 13.8. The average Bonchev–Trinajstić information content (AvgIpc) is 2.61. The second-order valence-electron chi connectivity index (χ2n) is 7.11. The van der Waals surface area contributed by atoms with Gasteiger partial charge < -0.3 is 0 Å². The van der Waals surface area contributed by atoms with Crippen molar-refractivity contribution in [2.45, 2.75) is 86.5 Å². The maximum Gasteiger partial charge on any atom is 0.167 e. The van der Waals surface area contributed by atoms with Crippen LogP contribution < -0.4 is 0 Å². The third-order valence-electron chi connectivity index (χ3n) is 5.22. The fourth-order valence-corrected chi connectivity index (χ4v) is 3.59. The first-order valence-corrected chi connectivity index (χ1v) is 9.65. The molecule has 0 aliphatic carbocycles. The van der Waals surface area contributed by atoms with Crippen LogP contribution in [0.25, 0.3) is 5.57 Å². The maximum atomic E-state index is 14.9. The van der Waals surface area contributed by atoms with Gasteiger partial charge in [0, 0.05) is 11.1 Å². The molecule has 0 spiro atoms. The minimum atomic E-state index is -1.05. The molecule has 1 atom stereocenters. The molecule has 3 heteroatoms. The van der Waals surface area contributed by atoms with E-state index in [-0.39, 0.29) is 22.6 Å². The predicted octanol–water partition coefficient (Wildman–Crippen LogP) is 7.90. The first kappa shape index (κ1) is 21.8. The van der Waals surface area contributed by atoms with Crippen molar-refractivity contribution in [3.63, 3.8) is 0 Å². The fourth-order valence-electron chi connectivity index (χ4n) is 3.59. The molecule has 0 heterocycles. The Hall–Kier alpha value is -1.25. The number of benzene rings is 1. The van der Waals surface area contributed by atoms with Crippen molar-refractivity contribution >= 4 is 5.57 Å². The summed E-state index contributed by atoms with van der Waals surface area (Å²) in [6.07, 6.45) is 6.71.